The molecule has 0 aliphatic heterocycles. The number of rotatable bonds is 1. The lowest BCUT2D eigenvalue weighted by molar-refractivity contribution is 1.14. The lowest BCUT2D eigenvalue weighted by Gasteiger charge is -2.08. The minimum Gasteiger partial charge on any atom is -0.192 e. The number of fused-ring (bicyclic) bond motifs is 3. The summed E-state index contributed by atoms with van der Waals surface area (Å²) in [6.45, 7) is 2.09. The van der Waals surface area contributed by atoms with Gasteiger partial charge in [-0.2, -0.15) is 5.26 Å². The molecule has 0 radical (unpaired) electrons. The van der Waals surface area contributed by atoms with Gasteiger partial charge in [-0.25, -0.2) is 0 Å². The summed E-state index contributed by atoms with van der Waals surface area (Å²) in [4.78, 5) is 0. The SMILES string of the molecule is CCc1ccc2c(ccc3ccccc32)c1C#N. The molecule has 0 amide bonds. The lowest BCUT2D eigenvalue weighted by atomic mass is 9.94. The minimum absolute atomic E-state index is 0.820. The zero-order chi connectivity index (χ0) is 12.5. The van der Waals surface area contributed by atoms with E-state index in [9.17, 15) is 5.26 Å². The van der Waals surface area contributed by atoms with Gasteiger partial charge in [0.05, 0.1) is 5.56 Å². The predicted molar refractivity (Wildman–Crippen MR) is 75.5 cm³/mol. The van der Waals surface area contributed by atoms with Crippen LogP contribution in [0.4, 0.5) is 0 Å². The third-order valence-electron chi connectivity index (χ3n) is 3.51. The third kappa shape index (κ3) is 1.47. The Balaban J connectivity index is 2.52. The number of hydrogen-bond donors (Lipinski definition) is 0. The average Bonchev–Trinajstić information content (AvgIpc) is 2.45. The monoisotopic (exact) mass is 231 g/mol. The normalized spacial score (nSPS) is 10.7. The fourth-order valence-corrected chi connectivity index (χ4v) is 2.56. The summed E-state index contributed by atoms with van der Waals surface area (Å²) in [6, 6.07) is 19.0. The van der Waals surface area contributed by atoms with Crippen molar-refractivity contribution in [3.8, 4) is 6.07 Å². The van der Waals surface area contributed by atoms with Crippen LogP contribution in [0.25, 0.3) is 21.5 Å². The van der Waals surface area contributed by atoms with E-state index in [1.54, 1.807) is 0 Å². The molecule has 1 nitrogen and oxygen atoms in total. The lowest BCUT2D eigenvalue weighted by Crippen LogP contribution is -1.90. The maximum Gasteiger partial charge on any atom is 0.100 e. The average molecular weight is 231 g/mol. The first kappa shape index (κ1) is 10.8. The Morgan fingerprint density at radius 2 is 1.67 bits per heavy atom. The van der Waals surface area contributed by atoms with Crippen LogP contribution in [-0.4, -0.2) is 0 Å². The molecule has 3 aromatic rings. The molecular weight excluding hydrogens is 218 g/mol. The van der Waals surface area contributed by atoms with Crippen LogP contribution < -0.4 is 0 Å². The molecule has 0 saturated heterocycles. The van der Waals surface area contributed by atoms with E-state index in [-0.39, 0.29) is 0 Å². The molecule has 0 heterocycles. The quantitative estimate of drug-likeness (QED) is 0.568. The minimum atomic E-state index is 0.820. The number of nitriles is 1. The molecule has 0 aromatic heterocycles. The summed E-state index contributed by atoms with van der Waals surface area (Å²) in [7, 11) is 0. The van der Waals surface area contributed by atoms with E-state index in [2.05, 4.69) is 49.4 Å². The topological polar surface area (TPSA) is 23.8 Å². The van der Waals surface area contributed by atoms with Crippen molar-refractivity contribution in [3.63, 3.8) is 0 Å². The van der Waals surface area contributed by atoms with Gasteiger partial charge in [0.1, 0.15) is 6.07 Å². The standard InChI is InChI=1S/C17H13N/c1-2-12-7-9-15-14-6-4-3-5-13(14)8-10-16(15)17(12)11-18/h3-10H,2H2,1H3. The molecule has 0 saturated carbocycles. The van der Waals surface area contributed by atoms with E-state index in [1.165, 1.54) is 16.2 Å². The van der Waals surface area contributed by atoms with Crippen LogP contribution in [-0.2, 0) is 6.42 Å². The smallest absolute Gasteiger partial charge is 0.100 e. The first-order valence-electron chi connectivity index (χ1n) is 6.18. The summed E-state index contributed by atoms with van der Waals surface area (Å²) < 4.78 is 0. The van der Waals surface area contributed by atoms with Crippen LogP contribution >= 0.6 is 0 Å². The van der Waals surface area contributed by atoms with Gasteiger partial charge in [-0.3, -0.25) is 0 Å². The summed E-state index contributed by atoms with van der Waals surface area (Å²) >= 11 is 0. The van der Waals surface area contributed by atoms with Crippen molar-refractivity contribution in [2.75, 3.05) is 0 Å². The summed E-state index contributed by atoms with van der Waals surface area (Å²) in [5.74, 6) is 0. The van der Waals surface area contributed by atoms with Crippen molar-refractivity contribution >= 4 is 21.5 Å². The molecule has 1 heteroatoms. The number of hydrogen-bond acceptors (Lipinski definition) is 1. The molecule has 0 fully saturated rings. The highest BCUT2D eigenvalue weighted by molar-refractivity contribution is 6.09. The van der Waals surface area contributed by atoms with Gasteiger partial charge >= 0.3 is 0 Å². The van der Waals surface area contributed by atoms with Gasteiger partial charge in [-0.1, -0.05) is 55.5 Å². The molecule has 0 N–H and O–H groups in total. The van der Waals surface area contributed by atoms with Crippen LogP contribution in [0.15, 0.2) is 48.5 Å². The van der Waals surface area contributed by atoms with Gasteiger partial charge in [0.15, 0.2) is 0 Å². The maximum absolute atomic E-state index is 9.37. The summed E-state index contributed by atoms with van der Waals surface area (Å²) in [6.07, 6.45) is 0.895. The third-order valence-corrected chi connectivity index (χ3v) is 3.51. The Kier molecular flexibility index (Phi) is 2.50. The van der Waals surface area contributed by atoms with Gasteiger partial charge in [0.2, 0.25) is 0 Å². The molecule has 86 valence electrons. The zero-order valence-electron chi connectivity index (χ0n) is 10.3. The number of nitrogens with zero attached hydrogens (tertiary/aromatic N) is 1. The highest BCUT2D eigenvalue weighted by Crippen LogP contribution is 2.29. The van der Waals surface area contributed by atoms with Crippen molar-refractivity contribution in [3.05, 3.63) is 59.7 Å². The van der Waals surface area contributed by atoms with E-state index in [0.29, 0.717) is 0 Å². The first-order chi connectivity index (χ1) is 8.85. The second kappa shape index (κ2) is 4.16. The van der Waals surface area contributed by atoms with Crippen LogP contribution in [0, 0.1) is 11.3 Å². The Labute approximate surface area is 106 Å². The van der Waals surface area contributed by atoms with E-state index < -0.39 is 0 Å². The van der Waals surface area contributed by atoms with Crippen LogP contribution in [0.3, 0.4) is 0 Å². The summed E-state index contributed by atoms with van der Waals surface area (Å²) in [5, 5.41) is 14.0. The van der Waals surface area contributed by atoms with Crippen LogP contribution in [0.1, 0.15) is 18.1 Å². The Morgan fingerprint density at radius 1 is 0.889 bits per heavy atom. The van der Waals surface area contributed by atoms with Gasteiger partial charge in [0, 0.05) is 5.39 Å². The van der Waals surface area contributed by atoms with Crippen molar-refractivity contribution in [2.24, 2.45) is 0 Å². The van der Waals surface area contributed by atoms with Crippen LogP contribution in [0.2, 0.25) is 0 Å². The highest BCUT2D eigenvalue weighted by Gasteiger charge is 2.07. The fraction of sp³-hybridized carbons (Fsp3) is 0.118. The van der Waals surface area contributed by atoms with Gasteiger partial charge in [0.25, 0.3) is 0 Å². The van der Waals surface area contributed by atoms with Gasteiger partial charge < -0.3 is 0 Å². The number of aryl methyl sites for hydroxylation is 1. The van der Waals surface area contributed by atoms with Crippen molar-refractivity contribution in [2.45, 2.75) is 13.3 Å². The highest BCUT2D eigenvalue weighted by atomic mass is 14.3. The fourth-order valence-electron chi connectivity index (χ4n) is 2.56. The molecule has 18 heavy (non-hydrogen) atoms. The van der Waals surface area contributed by atoms with Crippen molar-refractivity contribution < 1.29 is 0 Å². The maximum atomic E-state index is 9.37. The Bertz CT molecular complexity index is 779. The van der Waals surface area contributed by atoms with Crippen molar-refractivity contribution in [1.82, 2.24) is 0 Å². The van der Waals surface area contributed by atoms with Crippen molar-refractivity contribution in [1.29, 1.82) is 5.26 Å². The number of benzene rings is 3. The second-order valence-corrected chi connectivity index (χ2v) is 4.45. The molecule has 0 unspecified atom stereocenters. The van der Waals surface area contributed by atoms with Crippen LogP contribution in [0.5, 0.6) is 0 Å². The summed E-state index contributed by atoms with van der Waals surface area (Å²) in [5.41, 5.74) is 1.95. The zero-order valence-corrected chi connectivity index (χ0v) is 10.3. The molecule has 0 bridgehead atoms. The second-order valence-electron chi connectivity index (χ2n) is 4.45. The first-order valence-corrected chi connectivity index (χ1v) is 6.18. The van der Waals surface area contributed by atoms with E-state index >= 15 is 0 Å². The van der Waals surface area contributed by atoms with Gasteiger partial charge in [-0.15, -0.1) is 0 Å². The Morgan fingerprint density at radius 3 is 2.44 bits per heavy atom. The van der Waals surface area contributed by atoms with E-state index in [4.69, 9.17) is 0 Å². The van der Waals surface area contributed by atoms with Gasteiger partial charge in [-0.05, 0) is 28.1 Å². The molecule has 0 spiro atoms. The Hall–Kier alpha value is -2.33. The van der Waals surface area contributed by atoms with E-state index in [0.717, 1.165) is 22.9 Å². The molecular formula is C17H13N. The molecule has 0 aliphatic carbocycles. The molecule has 0 aliphatic rings. The van der Waals surface area contributed by atoms with E-state index in [1.807, 2.05) is 12.1 Å². The molecule has 3 aromatic carbocycles. The predicted octanol–water partition coefficient (Wildman–Crippen LogP) is 4.43. The molecule has 0 atom stereocenters. The molecule has 3 rings (SSSR count). The largest absolute Gasteiger partial charge is 0.192 e.